The molecule has 0 bridgehead atoms. The zero-order chi connectivity index (χ0) is 18.5. The van der Waals surface area contributed by atoms with Crippen molar-refractivity contribution in [3.05, 3.63) is 72.3 Å². The highest BCUT2D eigenvalue weighted by molar-refractivity contribution is 5.77. The van der Waals surface area contributed by atoms with Crippen LogP contribution in [-0.4, -0.2) is 21.3 Å². The number of hydrogen-bond acceptors (Lipinski definition) is 4. The van der Waals surface area contributed by atoms with Gasteiger partial charge in [-0.05, 0) is 79.2 Å². The minimum Gasteiger partial charge on any atom is -0.497 e. The highest BCUT2D eigenvalue weighted by Crippen LogP contribution is 2.37. The second-order valence-electron chi connectivity index (χ2n) is 5.89. The Kier molecular flexibility index (Phi) is 5.32. The summed E-state index contributed by atoms with van der Waals surface area (Å²) in [6.45, 7) is 2.04. The van der Waals surface area contributed by atoms with E-state index in [1.807, 2.05) is 61.5 Å². The third-order valence-electron chi connectivity index (χ3n) is 4.30. The van der Waals surface area contributed by atoms with Crippen LogP contribution in [-0.2, 0) is 0 Å². The van der Waals surface area contributed by atoms with Crippen molar-refractivity contribution in [2.45, 2.75) is 6.92 Å². The first kappa shape index (κ1) is 17.7. The maximum absolute atomic E-state index is 5.40. The number of hydrogen-bond donors (Lipinski definition) is 0. The fourth-order valence-electron chi connectivity index (χ4n) is 2.91. The van der Waals surface area contributed by atoms with E-state index in [1.54, 1.807) is 21.3 Å². The molecule has 0 aliphatic carbocycles. The molecule has 0 aliphatic heterocycles. The van der Waals surface area contributed by atoms with Crippen molar-refractivity contribution in [2.24, 2.45) is 0 Å². The molecule has 0 fully saturated rings. The van der Waals surface area contributed by atoms with Crippen LogP contribution in [0.15, 0.2) is 66.7 Å². The van der Waals surface area contributed by atoms with Crippen molar-refractivity contribution in [3.8, 4) is 17.2 Å². The molecule has 3 aromatic carbocycles. The third-order valence-corrected chi connectivity index (χ3v) is 4.30. The molecule has 134 valence electrons. The quantitative estimate of drug-likeness (QED) is 0.589. The summed E-state index contributed by atoms with van der Waals surface area (Å²) >= 11 is 0. The number of aryl methyl sites for hydroxylation is 1. The molecule has 4 nitrogen and oxygen atoms in total. The lowest BCUT2D eigenvalue weighted by atomic mass is 10.1. The van der Waals surface area contributed by atoms with Gasteiger partial charge >= 0.3 is 0 Å². The molecule has 4 heteroatoms. The van der Waals surface area contributed by atoms with Crippen LogP contribution in [0.1, 0.15) is 5.56 Å². The summed E-state index contributed by atoms with van der Waals surface area (Å²) < 4.78 is 16.0. The predicted octanol–water partition coefficient (Wildman–Crippen LogP) is 5.49. The fraction of sp³-hybridized carbons (Fsp3) is 0.182. The summed E-state index contributed by atoms with van der Waals surface area (Å²) in [7, 11) is 5.03. The van der Waals surface area contributed by atoms with E-state index in [-0.39, 0.29) is 0 Å². The minimum absolute atomic E-state index is 0.828. The molecule has 0 spiro atoms. The first-order valence-corrected chi connectivity index (χ1v) is 8.39. The molecule has 0 saturated carbocycles. The van der Waals surface area contributed by atoms with Gasteiger partial charge in [0.05, 0.1) is 21.3 Å². The van der Waals surface area contributed by atoms with Crippen molar-refractivity contribution in [1.82, 2.24) is 0 Å². The molecule has 0 unspecified atom stereocenters. The molecule has 0 radical (unpaired) electrons. The van der Waals surface area contributed by atoms with E-state index in [0.717, 1.165) is 39.9 Å². The maximum Gasteiger partial charge on any atom is 0.121 e. The van der Waals surface area contributed by atoms with E-state index >= 15 is 0 Å². The van der Waals surface area contributed by atoms with Gasteiger partial charge in [-0.25, -0.2) is 0 Å². The number of anilines is 3. The van der Waals surface area contributed by atoms with E-state index in [0.29, 0.717) is 0 Å². The van der Waals surface area contributed by atoms with Crippen molar-refractivity contribution in [3.63, 3.8) is 0 Å². The molecule has 0 atom stereocenters. The molecular formula is C22H23NO3. The van der Waals surface area contributed by atoms with Crippen molar-refractivity contribution in [1.29, 1.82) is 0 Å². The Morgan fingerprint density at radius 3 is 1.42 bits per heavy atom. The average Bonchev–Trinajstić information content (AvgIpc) is 2.69. The Morgan fingerprint density at radius 2 is 1.04 bits per heavy atom. The Balaban J connectivity index is 2.09. The van der Waals surface area contributed by atoms with Gasteiger partial charge < -0.3 is 19.1 Å². The van der Waals surface area contributed by atoms with Crippen LogP contribution in [0.4, 0.5) is 17.1 Å². The molecule has 0 amide bonds. The van der Waals surface area contributed by atoms with Crippen molar-refractivity contribution < 1.29 is 14.2 Å². The zero-order valence-electron chi connectivity index (χ0n) is 15.5. The predicted molar refractivity (Wildman–Crippen MR) is 106 cm³/mol. The van der Waals surface area contributed by atoms with Gasteiger partial charge in [-0.1, -0.05) is 0 Å². The van der Waals surface area contributed by atoms with Crippen LogP contribution in [0, 0.1) is 6.92 Å². The highest BCUT2D eigenvalue weighted by atomic mass is 16.5. The fourth-order valence-corrected chi connectivity index (χ4v) is 2.91. The largest absolute Gasteiger partial charge is 0.497 e. The van der Waals surface area contributed by atoms with Gasteiger partial charge in [0.25, 0.3) is 0 Å². The highest BCUT2D eigenvalue weighted by Gasteiger charge is 2.14. The zero-order valence-corrected chi connectivity index (χ0v) is 15.5. The summed E-state index contributed by atoms with van der Waals surface area (Å²) in [6.07, 6.45) is 0. The van der Waals surface area contributed by atoms with Crippen LogP contribution in [0.3, 0.4) is 0 Å². The van der Waals surface area contributed by atoms with Crippen LogP contribution in [0.2, 0.25) is 0 Å². The SMILES string of the molecule is COc1ccc(N(c2ccc(OC)cc2)c2ccc(OC)c(C)c2)cc1. The topological polar surface area (TPSA) is 30.9 Å². The van der Waals surface area contributed by atoms with Gasteiger partial charge in [-0.2, -0.15) is 0 Å². The van der Waals surface area contributed by atoms with Crippen LogP contribution < -0.4 is 19.1 Å². The lowest BCUT2D eigenvalue weighted by Gasteiger charge is -2.26. The summed E-state index contributed by atoms with van der Waals surface area (Å²) in [5.41, 5.74) is 4.22. The van der Waals surface area contributed by atoms with Crippen LogP contribution >= 0.6 is 0 Å². The Hall–Kier alpha value is -3.14. The Labute approximate surface area is 154 Å². The van der Waals surface area contributed by atoms with E-state index in [2.05, 4.69) is 17.0 Å². The normalized spacial score (nSPS) is 10.3. The van der Waals surface area contributed by atoms with Crippen LogP contribution in [0.5, 0.6) is 17.2 Å². The number of benzene rings is 3. The summed E-state index contributed by atoms with van der Waals surface area (Å²) in [4.78, 5) is 2.19. The molecule has 3 rings (SSSR count). The first-order chi connectivity index (χ1) is 12.7. The summed E-state index contributed by atoms with van der Waals surface area (Å²) in [5.74, 6) is 2.53. The number of nitrogens with zero attached hydrogens (tertiary/aromatic N) is 1. The first-order valence-electron chi connectivity index (χ1n) is 8.39. The van der Waals surface area contributed by atoms with Gasteiger partial charge in [0.1, 0.15) is 17.2 Å². The second-order valence-corrected chi connectivity index (χ2v) is 5.89. The van der Waals surface area contributed by atoms with Crippen molar-refractivity contribution in [2.75, 3.05) is 26.2 Å². The monoisotopic (exact) mass is 349 g/mol. The standard InChI is InChI=1S/C22H23NO3/c1-16-15-19(9-14-22(16)26-4)23(17-5-10-20(24-2)11-6-17)18-7-12-21(25-3)13-8-18/h5-15H,1-4H3. The third kappa shape index (κ3) is 3.59. The van der Waals surface area contributed by atoms with Crippen LogP contribution in [0.25, 0.3) is 0 Å². The number of rotatable bonds is 6. The maximum atomic E-state index is 5.40. The Bertz CT molecular complexity index is 810. The second kappa shape index (κ2) is 7.83. The van der Waals surface area contributed by atoms with E-state index < -0.39 is 0 Å². The lowest BCUT2D eigenvalue weighted by molar-refractivity contribution is 0.412. The smallest absolute Gasteiger partial charge is 0.121 e. The minimum atomic E-state index is 0.828. The Morgan fingerprint density at radius 1 is 0.577 bits per heavy atom. The van der Waals surface area contributed by atoms with E-state index in [1.165, 1.54) is 0 Å². The molecule has 0 heterocycles. The number of ether oxygens (including phenoxy) is 3. The average molecular weight is 349 g/mol. The molecule has 0 aliphatic rings. The summed E-state index contributed by atoms with van der Waals surface area (Å²) in [5, 5.41) is 0. The molecule has 0 saturated heterocycles. The van der Waals surface area contributed by atoms with Gasteiger partial charge in [-0.15, -0.1) is 0 Å². The number of methoxy groups -OCH3 is 3. The summed E-state index contributed by atoms with van der Waals surface area (Å²) in [6, 6.07) is 22.2. The van der Waals surface area contributed by atoms with E-state index in [9.17, 15) is 0 Å². The van der Waals surface area contributed by atoms with Gasteiger partial charge in [-0.3, -0.25) is 0 Å². The lowest BCUT2D eigenvalue weighted by Crippen LogP contribution is -2.10. The molecular weight excluding hydrogens is 326 g/mol. The molecule has 3 aromatic rings. The van der Waals surface area contributed by atoms with Gasteiger partial charge in [0, 0.05) is 17.1 Å². The van der Waals surface area contributed by atoms with E-state index in [4.69, 9.17) is 14.2 Å². The van der Waals surface area contributed by atoms with Gasteiger partial charge in [0.2, 0.25) is 0 Å². The molecule has 26 heavy (non-hydrogen) atoms. The molecule has 0 N–H and O–H groups in total. The molecule has 0 aromatic heterocycles. The van der Waals surface area contributed by atoms with Gasteiger partial charge in [0.15, 0.2) is 0 Å². The van der Waals surface area contributed by atoms with Crippen molar-refractivity contribution >= 4 is 17.1 Å².